The van der Waals surface area contributed by atoms with E-state index in [1.807, 2.05) is 29.8 Å². The molecule has 0 saturated heterocycles. The second kappa shape index (κ2) is 8.83. The monoisotopic (exact) mass is 396 g/mol. The molecule has 1 aliphatic carbocycles. The van der Waals surface area contributed by atoms with Gasteiger partial charge in [-0.15, -0.1) is 0 Å². The van der Waals surface area contributed by atoms with Gasteiger partial charge >= 0.3 is 0 Å². The number of nitriles is 1. The zero-order valence-electron chi connectivity index (χ0n) is 16.8. The molecule has 28 heavy (non-hydrogen) atoms. The first-order valence-corrected chi connectivity index (χ1v) is 10.9. The second-order valence-corrected chi connectivity index (χ2v) is 9.11. The van der Waals surface area contributed by atoms with Crippen LogP contribution in [0.3, 0.4) is 0 Å². The van der Waals surface area contributed by atoms with E-state index >= 15 is 0 Å². The fourth-order valence-corrected chi connectivity index (χ4v) is 4.60. The largest absolute Gasteiger partial charge is 0.337 e. The molecule has 2 aromatic rings. The minimum atomic E-state index is -0.705. The first-order chi connectivity index (χ1) is 13.5. The molecule has 148 valence electrons. The molecular weight excluding hydrogens is 368 g/mol. The van der Waals surface area contributed by atoms with Crippen molar-refractivity contribution in [3.8, 4) is 11.8 Å². The number of nitrogens with zero attached hydrogens (tertiary/aromatic N) is 3. The molecule has 1 aromatic heterocycles. The highest BCUT2D eigenvalue weighted by molar-refractivity contribution is 8.00. The van der Waals surface area contributed by atoms with Gasteiger partial charge in [-0.05, 0) is 37.3 Å². The first kappa shape index (κ1) is 20.5. The van der Waals surface area contributed by atoms with Crippen LogP contribution in [0.25, 0.3) is 5.69 Å². The van der Waals surface area contributed by atoms with Gasteiger partial charge in [0.05, 0.1) is 17.0 Å². The fraction of sp³-hybridized carbons (Fsp3) is 0.500. The number of hydrogen-bond acceptors (Lipinski definition) is 4. The average Bonchev–Trinajstić information content (AvgIpc) is 3.16. The van der Waals surface area contributed by atoms with Gasteiger partial charge in [0.2, 0.25) is 5.91 Å². The zero-order valence-corrected chi connectivity index (χ0v) is 17.6. The third-order valence-corrected chi connectivity index (χ3v) is 6.44. The summed E-state index contributed by atoms with van der Waals surface area (Å²) in [6, 6.07) is 10.6. The second-order valence-electron chi connectivity index (χ2n) is 7.80. The Bertz CT molecular complexity index is 861. The third-order valence-electron chi connectivity index (χ3n) is 5.36. The molecular formula is C22H28N4OS. The van der Waals surface area contributed by atoms with Crippen molar-refractivity contribution in [1.29, 1.82) is 5.26 Å². The number of thioether (sulfide) groups is 1. The van der Waals surface area contributed by atoms with Crippen LogP contribution in [-0.2, 0) is 4.79 Å². The van der Waals surface area contributed by atoms with Gasteiger partial charge in [0.1, 0.15) is 5.54 Å². The van der Waals surface area contributed by atoms with Gasteiger partial charge in [-0.25, -0.2) is 4.98 Å². The Morgan fingerprint density at radius 3 is 2.64 bits per heavy atom. The molecule has 1 N–H and O–H groups in total. The number of nitrogens with one attached hydrogen (secondary N) is 1. The number of amides is 1. The number of hydrogen-bond donors (Lipinski definition) is 1. The molecule has 1 aliphatic rings. The van der Waals surface area contributed by atoms with E-state index in [1.54, 1.807) is 6.20 Å². The van der Waals surface area contributed by atoms with Crippen molar-refractivity contribution in [1.82, 2.24) is 14.9 Å². The highest BCUT2D eigenvalue weighted by Gasteiger charge is 2.35. The Morgan fingerprint density at radius 2 is 1.96 bits per heavy atom. The normalized spacial score (nSPS) is 17.1. The molecule has 0 radical (unpaired) electrons. The number of aromatic nitrogens is 2. The summed E-state index contributed by atoms with van der Waals surface area (Å²) in [5, 5.41) is 13.1. The van der Waals surface area contributed by atoms with E-state index in [1.165, 1.54) is 17.3 Å². The van der Waals surface area contributed by atoms with Crippen molar-refractivity contribution >= 4 is 17.7 Å². The number of rotatable bonds is 6. The van der Waals surface area contributed by atoms with Crippen LogP contribution in [-0.4, -0.2) is 26.2 Å². The maximum atomic E-state index is 12.8. The van der Waals surface area contributed by atoms with E-state index in [2.05, 4.69) is 42.4 Å². The van der Waals surface area contributed by atoms with Gasteiger partial charge in [-0.3, -0.25) is 9.36 Å². The average molecular weight is 397 g/mol. The van der Waals surface area contributed by atoms with Gasteiger partial charge in [0.25, 0.3) is 0 Å². The summed E-state index contributed by atoms with van der Waals surface area (Å²) in [5.74, 6) is 0.291. The van der Waals surface area contributed by atoms with E-state index in [0.717, 1.165) is 42.9 Å². The summed E-state index contributed by atoms with van der Waals surface area (Å²) in [7, 11) is 0. The Balaban J connectivity index is 1.76. The lowest BCUT2D eigenvalue weighted by molar-refractivity contribution is -0.121. The van der Waals surface area contributed by atoms with Crippen LogP contribution in [0.2, 0.25) is 0 Å². The minimum absolute atomic E-state index is 0.0971. The van der Waals surface area contributed by atoms with Crippen molar-refractivity contribution in [2.75, 3.05) is 0 Å². The van der Waals surface area contributed by atoms with Crippen molar-refractivity contribution in [3.05, 3.63) is 42.2 Å². The van der Waals surface area contributed by atoms with E-state index in [-0.39, 0.29) is 11.2 Å². The van der Waals surface area contributed by atoms with Crippen molar-refractivity contribution in [2.24, 2.45) is 0 Å². The Morgan fingerprint density at radius 1 is 1.25 bits per heavy atom. The summed E-state index contributed by atoms with van der Waals surface area (Å²) < 4.78 is 2.05. The third kappa shape index (κ3) is 4.41. The van der Waals surface area contributed by atoms with Crippen molar-refractivity contribution in [3.63, 3.8) is 0 Å². The summed E-state index contributed by atoms with van der Waals surface area (Å²) in [5.41, 5.74) is 1.63. The SMILES string of the molecule is CC(Sc1nccn1-c1ccccc1C(C)C)C(=O)NC1(C#N)CCCCC1. The van der Waals surface area contributed by atoms with E-state index in [4.69, 9.17) is 0 Å². The summed E-state index contributed by atoms with van der Waals surface area (Å²) in [6.07, 6.45) is 8.30. The Kier molecular flexibility index (Phi) is 6.46. The predicted octanol–water partition coefficient (Wildman–Crippen LogP) is 4.82. The summed E-state index contributed by atoms with van der Waals surface area (Å²) in [4.78, 5) is 17.3. The molecule has 3 rings (SSSR count). The summed E-state index contributed by atoms with van der Waals surface area (Å²) >= 11 is 1.43. The number of benzene rings is 1. The fourth-order valence-electron chi connectivity index (χ4n) is 3.72. The van der Waals surface area contributed by atoms with Crippen LogP contribution in [0.15, 0.2) is 41.8 Å². The number of carbonyl (C=O) groups excluding carboxylic acids is 1. The smallest absolute Gasteiger partial charge is 0.234 e. The molecule has 0 bridgehead atoms. The molecule has 1 fully saturated rings. The molecule has 0 aliphatic heterocycles. The van der Waals surface area contributed by atoms with Crippen LogP contribution in [0, 0.1) is 11.3 Å². The number of carbonyl (C=O) groups is 1. The summed E-state index contributed by atoms with van der Waals surface area (Å²) in [6.45, 7) is 6.22. The highest BCUT2D eigenvalue weighted by atomic mass is 32.2. The van der Waals surface area contributed by atoms with Crippen LogP contribution in [0.1, 0.15) is 64.4 Å². The minimum Gasteiger partial charge on any atom is -0.337 e. The Labute approximate surface area is 171 Å². The van der Waals surface area contributed by atoms with Crippen molar-refractivity contribution < 1.29 is 4.79 Å². The van der Waals surface area contributed by atoms with Crippen LogP contribution >= 0.6 is 11.8 Å². The topological polar surface area (TPSA) is 70.7 Å². The molecule has 1 amide bonds. The van der Waals surface area contributed by atoms with Gasteiger partial charge < -0.3 is 5.32 Å². The van der Waals surface area contributed by atoms with Gasteiger partial charge in [-0.2, -0.15) is 5.26 Å². The lowest BCUT2D eigenvalue weighted by Crippen LogP contribution is -2.50. The first-order valence-electron chi connectivity index (χ1n) is 9.98. The quantitative estimate of drug-likeness (QED) is 0.711. The lowest BCUT2D eigenvalue weighted by Gasteiger charge is -2.32. The number of imidazole rings is 1. The van der Waals surface area contributed by atoms with E-state index in [0.29, 0.717) is 5.92 Å². The highest BCUT2D eigenvalue weighted by Crippen LogP contribution is 2.31. The lowest BCUT2D eigenvalue weighted by atomic mass is 9.83. The molecule has 6 heteroatoms. The maximum absolute atomic E-state index is 12.8. The van der Waals surface area contributed by atoms with Crippen LogP contribution < -0.4 is 5.32 Å². The van der Waals surface area contributed by atoms with Crippen LogP contribution in [0.5, 0.6) is 0 Å². The Hall–Kier alpha value is -2.26. The molecule has 5 nitrogen and oxygen atoms in total. The molecule has 1 heterocycles. The number of para-hydroxylation sites is 1. The van der Waals surface area contributed by atoms with Gasteiger partial charge in [0.15, 0.2) is 5.16 Å². The standard InChI is InChI=1S/C22H28N4OS/c1-16(2)18-9-5-6-10-19(18)26-14-13-24-21(26)28-17(3)20(27)25-22(15-23)11-7-4-8-12-22/h5-6,9-10,13-14,16-17H,4,7-8,11-12H2,1-3H3,(H,25,27). The molecule has 1 unspecified atom stereocenters. The predicted molar refractivity (Wildman–Crippen MR) is 113 cm³/mol. The van der Waals surface area contributed by atoms with Gasteiger partial charge in [-0.1, -0.05) is 63.1 Å². The van der Waals surface area contributed by atoms with Gasteiger partial charge in [0, 0.05) is 12.4 Å². The van der Waals surface area contributed by atoms with E-state index in [9.17, 15) is 10.1 Å². The molecule has 0 spiro atoms. The molecule has 1 aromatic carbocycles. The van der Waals surface area contributed by atoms with Crippen LogP contribution in [0.4, 0.5) is 0 Å². The van der Waals surface area contributed by atoms with Crippen molar-refractivity contribution in [2.45, 2.75) is 74.7 Å². The molecule has 1 saturated carbocycles. The van der Waals surface area contributed by atoms with E-state index < -0.39 is 5.54 Å². The zero-order chi connectivity index (χ0) is 20.1. The molecule has 1 atom stereocenters. The maximum Gasteiger partial charge on any atom is 0.234 e.